The molecule has 126 valence electrons. The fourth-order valence-electron chi connectivity index (χ4n) is 2.93. The summed E-state index contributed by atoms with van der Waals surface area (Å²) in [7, 11) is 0. The smallest absolute Gasteiger partial charge is 0.289 e. The first-order valence-electron chi connectivity index (χ1n) is 7.38. The van der Waals surface area contributed by atoms with Gasteiger partial charge >= 0.3 is 0 Å². The van der Waals surface area contributed by atoms with Gasteiger partial charge < -0.3 is 10.4 Å². The lowest BCUT2D eigenvalue weighted by molar-refractivity contribution is -0.384. The first-order valence-corrected chi connectivity index (χ1v) is 7.76. The standard InChI is InChI=1S/C15H20ClN3O4/c1-15(2,21)13-4-3-7-18(13)9-14(20)17-10-5-6-11(16)12(8-10)19(22)23/h5-6,8,13,21H,3-4,7,9H2,1-2H3,(H,17,20). The highest BCUT2D eigenvalue weighted by Crippen LogP contribution is 2.28. The van der Waals surface area contributed by atoms with Crippen molar-refractivity contribution in [2.75, 3.05) is 18.4 Å². The molecule has 0 bridgehead atoms. The van der Waals surface area contributed by atoms with E-state index in [0.717, 1.165) is 19.4 Å². The summed E-state index contributed by atoms with van der Waals surface area (Å²) in [6.45, 7) is 4.33. The fraction of sp³-hybridized carbons (Fsp3) is 0.533. The Balaban J connectivity index is 2.03. The maximum Gasteiger partial charge on any atom is 0.289 e. The summed E-state index contributed by atoms with van der Waals surface area (Å²) in [6, 6.07) is 4.06. The van der Waals surface area contributed by atoms with Crippen LogP contribution in [0.1, 0.15) is 26.7 Å². The number of hydrogen-bond acceptors (Lipinski definition) is 5. The summed E-state index contributed by atoms with van der Waals surface area (Å²) in [5.74, 6) is -0.280. The molecule has 0 spiro atoms. The van der Waals surface area contributed by atoms with Crippen LogP contribution >= 0.6 is 11.6 Å². The summed E-state index contributed by atoms with van der Waals surface area (Å²) in [4.78, 5) is 24.4. The highest BCUT2D eigenvalue weighted by molar-refractivity contribution is 6.32. The van der Waals surface area contributed by atoms with Gasteiger partial charge in [0.25, 0.3) is 5.69 Å². The van der Waals surface area contributed by atoms with Gasteiger partial charge in [-0.05, 0) is 45.4 Å². The number of likely N-dealkylation sites (tertiary alicyclic amines) is 1. The van der Waals surface area contributed by atoms with Crippen LogP contribution in [-0.4, -0.2) is 45.6 Å². The number of nitrogens with zero attached hydrogens (tertiary/aromatic N) is 2. The number of carbonyl (C=O) groups is 1. The SMILES string of the molecule is CC(C)(O)C1CCCN1CC(=O)Nc1ccc(Cl)c([N+](=O)[O-])c1. The van der Waals surface area contributed by atoms with Gasteiger partial charge in [-0.15, -0.1) is 0 Å². The Labute approximate surface area is 139 Å². The molecule has 1 heterocycles. The molecule has 1 aromatic rings. The van der Waals surface area contributed by atoms with E-state index in [1.54, 1.807) is 13.8 Å². The zero-order valence-electron chi connectivity index (χ0n) is 13.1. The molecule has 8 heteroatoms. The average Bonchev–Trinajstić information content (AvgIpc) is 2.88. The van der Waals surface area contributed by atoms with E-state index in [1.165, 1.54) is 18.2 Å². The highest BCUT2D eigenvalue weighted by Gasteiger charge is 2.36. The van der Waals surface area contributed by atoms with Gasteiger partial charge in [0, 0.05) is 17.8 Å². The average molecular weight is 342 g/mol. The van der Waals surface area contributed by atoms with Gasteiger partial charge in [-0.3, -0.25) is 19.8 Å². The van der Waals surface area contributed by atoms with Crippen LogP contribution in [0.25, 0.3) is 0 Å². The molecule has 1 atom stereocenters. The van der Waals surface area contributed by atoms with E-state index in [9.17, 15) is 20.0 Å². The summed E-state index contributed by atoms with van der Waals surface area (Å²) in [5, 5.41) is 23.7. The predicted molar refractivity (Wildman–Crippen MR) is 87.6 cm³/mol. The molecular formula is C15H20ClN3O4. The molecule has 1 unspecified atom stereocenters. The Morgan fingerprint density at radius 1 is 1.57 bits per heavy atom. The first-order chi connectivity index (χ1) is 10.7. The molecular weight excluding hydrogens is 322 g/mol. The van der Waals surface area contributed by atoms with Crippen molar-refractivity contribution in [1.29, 1.82) is 0 Å². The summed E-state index contributed by atoms with van der Waals surface area (Å²) in [5.41, 5.74) is -0.805. The van der Waals surface area contributed by atoms with Gasteiger partial charge in [0.1, 0.15) is 5.02 Å². The van der Waals surface area contributed by atoms with E-state index in [-0.39, 0.29) is 29.2 Å². The molecule has 0 aromatic heterocycles. The number of nitrogens with one attached hydrogen (secondary N) is 1. The van der Waals surface area contributed by atoms with Crippen LogP contribution in [0.15, 0.2) is 18.2 Å². The minimum absolute atomic E-state index is 0.0228. The monoisotopic (exact) mass is 341 g/mol. The summed E-state index contributed by atoms with van der Waals surface area (Å²) >= 11 is 5.74. The van der Waals surface area contributed by atoms with Crippen molar-refractivity contribution in [2.24, 2.45) is 0 Å². The van der Waals surface area contributed by atoms with Crippen molar-refractivity contribution >= 4 is 28.9 Å². The Morgan fingerprint density at radius 2 is 2.26 bits per heavy atom. The summed E-state index contributed by atoms with van der Waals surface area (Å²) in [6.07, 6.45) is 1.76. The van der Waals surface area contributed by atoms with E-state index < -0.39 is 10.5 Å². The maximum absolute atomic E-state index is 12.2. The second kappa shape index (κ2) is 6.82. The molecule has 7 nitrogen and oxygen atoms in total. The lowest BCUT2D eigenvalue weighted by atomic mass is 9.97. The van der Waals surface area contributed by atoms with Crippen molar-refractivity contribution in [3.05, 3.63) is 33.3 Å². The fourth-order valence-corrected chi connectivity index (χ4v) is 3.12. The second-order valence-corrected chi connectivity index (χ2v) is 6.66. The number of benzene rings is 1. The Morgan fingerprint density at radius 3 is 2.87 bits per heavy atom. The number of rotatable bonds is 5. The summed E-state index contributed by atoms with van der Waals surface area (Å²) < 4.78 is 0. The number of nitro benzene ring substituents is 1. The van der Waals surface area contributed by atoms with Gasteiger partial charge in [-0.1, -0.05) is 11.6 Å². The number of aliphatic hydroxyl groups is 1. The van der Waals surface area contributed by atoms with E-state index in [0.29, 0.717) is 5.69 Å². The number of amides is 1. The highest BCUT2D eigenvalue weighted by atomic mass is 35.5. The van der Waals surface area contributed by atoms with Gasteiger partial charge in [0.05, 0.1) is 17.1 Å². The molecule has 0 radical (unpaired) electrons. The van der Waals surface area contributed by atoms with Crippen LogP contribution in [0, 0.1) is 10.1 Å². The van der Waals surface area contributed by atoms with Crippen LogP contribution < -0.4 is 5.32 Å². The number of anilines is 1. The van der Waals surface area contributed by atoms with Crippen molar-refractivity contribution in [3.8, 4) is 0 Å². The Kier molecular flexibility index (Phi) is 5.23. The molecule has 1 fully saturated rings. The molecule has 1 aliphatic heterocycles. The van der Waals surface area contributed by atoms with Crippen LogP contribution in [0.2, 0.25) is 5.02 Å². The van der Waals surface area contributed by atoms with Crippen LogP contribution in [-0.2, 0) is 4.79 Å². The first kappa shape index (κ1) is 17.7. The van der Waals surface area contributed by atoms with Crippen molar-refractivity contribution in [2.45, 2.75) is 38.3 Å². The molecule has 1 amide bonds. The molecule has 2 N–H and O–H groups in total. The zero-order valence-corrected chi connectivity index (χ0v) is 13.8. The molecule has 1 aromatic carbocycles. The number of halogens is 1. The lowest BCUT2D eigenvalue weighted by Gasteiger charge is -2.33. The van der Waals surface area contributed by atoms with Crippen LogP contribution in [0.4, 0.5) is 11.4 Å². The van der Waals surface area contributed by atoms with E-state index in [2.05, 4.69) is 5.32 Å². The second-order valence-electron chi connectivity index (χ2n) is 6.25. The molecule has 1 saturated heterocycles. The number of nitro groups is 1. The molecule has 1 aliphatic rings. The van der Waals surface area contributed by atoms with E-state index in [4.69, 9.17) is 11.6 Å². The molecule has 23 heavy (non-hydrogen) atoms. The Hall–Kier alpha value is -1.70. The molecule has 0 aliphatic carbocycles. The third-order valence-corrected chi connectivity index (χ3v) is 4.27. The van der Waals surface area contributed by atoms with E-state index in [1.807, 2.05) is 4.90 Å². The third-order valence-electron chi connectivity index (χ3n) is 3.95. The normalized spacial score (nSPS) is 18.9. The minimum atomic E-state index is -0.879. The number of carbonyl (C=O) groups excluding carboxylic acids is 1. The van der Waals surface area contributed by atoms with Gasteiger partial charge in [-0.2, -0.15) is 0 Å². The molecule has 2 rings (SSSR count). The van der Waals surface area contributed by atoms with Crippen LogP contribution in [0.3, 0.4) is 0 Å². The Bertz CT molecular complexity index is 615. The topological polar surface area (TPSA) is 95.7 Å². The van der Waals surface area contributed by atoms with Crippen molar-refractivity contribution < 1.29 is 14.8 Å². The van der Waals surface area contributed by atoms with Crippen LogP contribution in [0.5, 0.6) is 0 Å². The zero-order chi connectivity index (χ0) is 17.2. The lowest BCUT2D eigenvalue weighted by Crippen LogP contribution is -2.48. The minimum Gasteiger partial charge on any atom is -0.389 e. The van der Waals surface area contributed by atoms with Crippen molar-refractivity contribution in [1.82, 2.24) is 4.90 Å². The van der Waals surface area contributed by atoms with Gasteiger partial charge in [0.2, 0.25) is 5.91 Å². The molecule has 0 saturated carbocycles. The van der Waals surface area contributed by atoms with Gasteiger partial charge in [-0.25, -0.2) is 0 Å². The number of hydrogen-bond donors (Lipinski definition) is 2. The van der Waals surface area contributed by atoms with E-state index >= 15 is 0 Å². The van der Waals surface area contributed by atoms with Crippen molar-refractivity contribution in [3.63, 3.8) is 0 Å². The predicted octanol–water partition coefficient (Wildman–Crippen LogP) is 2.42. The quantitative estimate of drug-likeness (QED) is 0.633. The van der Waals surface area contributed by atoms with Gasteiger partial charge in [0.15, 0.2) is 0 Å². The largest absolute Gasteiger partial charge is 0.389 e. The maximum atomic E-state index is 12.2. The third kappa shape index (κ3) is 4.40.